The maximum Gasteiger partial charge on any atom is 0.266 e. The maximum atomic E-state index is 12.4. The predicted octanol–water partition coefficient (Wildman–Crippen LogP) is 2.05. The van der Waals surface area contributed by atoms with Crippen LogP contribution in [0.1, 0.15) is 17.0 Å². The number of carboxylic acids is 1. The Kier molecular flexibility index (Phi) is 5.38. The average Bonchev–Trinajstić information content (AvgIpc) is 3.05. The molecule has 1 aliphatic heterocycles. The summed E-state index contributed by atoms with van der Waals surface area (Å²) in [6.07, 6.45) is 1.75. The summed E-state index contributed by atoms with van der Waals surface area (Å²) in [5, 5.41) is 10.8. The number of rotatable bonds is 5. The number of nitrogens with zero attached hydrogens (tertiary/aromatic N) is 2. The SMILES string of the molecule is COc1ccc(-n2c(C)cc(/C=C3/SC(=S)N(CC(=O)[O-])C3=O)c2C)cc1. The lowest BCUT2D eigenvalue weighted by Gasteiger charge is -2.14. The lowest BCUT2D eigenvalue weighted by molar-refractivity contribution is -0.305. The molecule has 6 nitrogen and oxygen atoms in total. The molecule has 0 atom stereocenters. The summed E-state index contributed by atoms with van der Waals surface area (Å²) in [6.45, 7) is 3.41. The van der Waals surface area contributed by atoms with Crippen LogP contribution in [0.15, 0.2) is 35.2 Å². The van der Waals surface area contributed by atoms with Crippen LogP contribution in [-0.4, -0.2) is 39.3 Å². The molecule has 1 amide bonds. The van der Waals surface area contributed by atoms with Gasteiger partial charge in [-0.05, 0) is 55.8 Å². The van der Waals surface area contributed by atoms with Crippen molar-refractivity contribution >= 4 is 46.3 Å². The molecule has 0 aliphatic carbocycles. The molecule has 1 aromatic heterocycles. The number of carbonyl (C=O) groups is 2. The Morgan fingerprint density at radius 1 is 1.30 bits per heavy atom. The van der Waals surface area contributed by atoms with E-state index in [2.05, 4.69) is 4.57 Å². The first-order valence-corrected chi connectivity index (χ1v) is 9.33. The Labute approximate surface area is 166 Å². The van der Waals surface area contributed by atoms with Crippen LogP contribution in [0.4, 0.5) is 0 Å². The fraction of sp³-hybridized carbons (Fsp3) is 0.211. The number of aryl methyl sites for hydroxylation is 1. The van der Waals surface area contributed by atoms with Crippen LogP contribution in [0.5, 0.6) is 5.75 Å². The number of aliphatic carboxylic acids is 1. The standard InChI is InChI=1S/C19H18N2O4S2/c1-11-8-13(9-16-18(24)20(10-17(22)23)19(26)27-16)12(2)21(11)14-4-6-15(25-3)7-5-14/h4-9H,10H2,1-3H3,(H,22,23)/p-1/b16-9+. The van der Waals surface area contributed by atoms with Crippen molar-refractivity contribution in [3.63, 3.8) is 0 Å². The van der Waals surface area contributed by atoms with Gasteiger partial charge in [0.1, 0.15) is 10.1 Å². The molecule has 0 unspecified atom stereocenters. The second-order valence-electron chi connectivity index (χ2n) is 6.00. The minimum atomic E-state index is -1.34. The molecule has 0 spiro atoms. The lowest BCUT2D eigenvalue weighted by atomic mass is 10.2. The Morgan fingerprint density at radius 3 is 2.56 bits per heavy atom. The molecule has 27 heavy (non-hydrogen) atoms. The third-order valence-corrected chi connectivity index (χ3v) is 5.63. The number of benzene rings is 1. The first-order chi connectivity index (χ1) is 12.8. The van der Waals surface area contributed by atoms with Gasteiger partial charge < -0.3 is 19.2 Å². The Bertz CT molecular complexity index is 961. The number of hydrogen-bond acceptors (Lipinski definition) is 6. The summed E-state index contributed by atoms with van der Waals surface area (Å²) in [4.78, 5) is 24.7. The van der Waals surface area contributed by atoms with E-state index in [9.17, 15) is 14.7 Å². The number of aromatic nitrogens is 1. The van der Waals surface area contributed by atoms with Crippen molar-refractivity contribution < 1.29 is 19.4 Å². The number of methoxy groups -OCH3 is 1. The fourth-order valence-corrected chi connectivity index (χ4v) is 4.21. The Morgan fingerprint density at radius 2 is 1.96 bits per heavy atom. The van der Waals surface area contributed by atoms with Crippen molar-refractivity contribution in [3.05, 3.63) is 52.2 Å². The number of hydrogen-bond donors (Lipinski definition) is 0. The monoisotopic (exact) mass is 401 g/mol. The summed E-state index contributed by atoms with van der Waals surface area (Å²) < 4.78 is 7.49. The molecule has 1 aliphatic rings. The highest BCUT2D eigenvalue weighted by Crippen LogP contribution is 2.34. The number of thiocarbonyl (C=S) groups is 1. The summed E-state index contributed by atoms with van der Waals surface area (Å²) in [6, 6.07) is 9.67. The molecule has 0 bridgehead atoms. The van der Waals surface area contributed by atoms with Gasteiger partial charge in [0, 0.05) is 17.1 Å². The van der Waals surface area contributed by atoms with E-state index in [0.717, 1.165) is 45.1 Å². The predicted molar refractivity (Wildman–Crippen MR) is 107 cm³/mol. The van der Waals surface area contributed by atoms with Gasteiger partial charge in [-0.3, -0.25) is 9.69 Å². The summed E-state index contributed by atoms with van der Waals surface area (Å²) in [5.41, 5.74) is 3.82. The van der Waals surface area contributed by atoms with Crippen LogP contribution in [-0.2, 0) is 9.59 Å². The largest absolute Gasteiger partial charge is 0.548 e. The Balaban J connectivity index is 1.95. The van der Waals surface area contributed by atoms with E-state index in [1.807, 2.05) is 44.2 Å². The van der Waals surface area contributed by atoms with Gasteiger partial charge in [0.25, 0.3) is 5.91 Å². The van der Waals surface area contributed by atoms with E-state index in [-0.39, 0.29) is 4.32 Å². The molecule has 1 saturated heterocycles. The maximum absolute atomic E-state index is 12.4. The molecule has 8 heteroatoms. The zero-order chi connectivity index (χ0) is 19.7. The lowest BCUT2D eigenvalue weighted by Crippen LogP contribution is -2.40. The van der Waals surface area contributed by atoms with Crippen LogP contribution in [0.3, 0.4) is 0 Å². The number of amides is 1. The number of carboxylic acid groups (broad SMARTS) is 1. The van der Waals surface area contributed by atoms with Gasteiger partial charge in [-0.15, -0.1) is 0 Å². The molecule has 1 aromatic carbocycles. The van der Waals surface area contributed by atoms with Crippen molar-refractivity contribution in [3.8, 4) is 11.4 Å². The minimum absolute atomic E-state index is 0.222. The summed E-state index contributed by atoms with van der Waals surface area (Å²) in [7, 11) is 1.62. The van der Waals surface area contributed by atoms with E-state index in [4.69, 9.17) is 17.0 Å². The zero-order valence-corrected chi connectivity index (χ0v) is 16.6. The van der Waals surface area contributed by atoms with Crippen molar-refractivity contribution in [1.29, 1.82) is 0 Å². The summed E-state index contributed by atoms with van der Waals surface area (Å²) >= 11 is 6.21. The fourth-order valence-electron chi connectivity index (χ4n) is 2.97. The molecule has 3 rings (SSSR count). The van der Waals surface area contributed by atoms with Gasteiger partial charge in [-0.2, -0.15) is 0 Å². The zero-order valence-electron chi connectivity index (χ0n) is 15.0. The van der Waals surface area contributed by atoms with Crippen molar-refractivity contribution in [2.75, 3.05) is 13.7 Å². The molecule has 0 radical (unpaired) electrons. The topological polar surface area (TPSA) is 74.6 Å². The van der Waals surface area contributed by atoms with Crippen molar-refractivity contribution in [1.82, 2.24) is 9.47 Å². The van der Waals surface area contributed by atoms with E-state index >= 15 is 0 Å². The number of thioether (sulfide) groups is 1. The molecular weight excluding hydrogens is 384 g/mol. The second-order valence-corrected chi connectivity index (χ2v) is 7.68. The van der Waals surface area contributed by atoms with Crippen molar-refractivity contribution in [2.45, 2.75) is 13.8 Å². The highest BCUT2D eigenvalue weighted by atomic mass is 32.2. The molecular formula is C19H17N2O4S2-. The third kappa shape index (κ3) is 3.77. The van der Waals surface area contributed by atoms with Gasteiger partial charge in [0.2, 0.25) is 0 Å². The van der Waals surface area contributed by atoms with Gasteiger partial charge in [-0.25, -0.2) is 0 Å². The van der Waals surface area contributed by atoms with E-state index in [1.165, 1.54) is 0 Å². The molecule has 0 saturated carbocycles. The van der Waals surface area contributed by atoms with Gasteiger partial charge in [-0.1, -0.05) is 24.0 Å². The third-order valence-electron chi connectivity index (χ3n) is 4.25. The highest BCUT2D eigenvalue weighted by molar-refractivity contribution is 8.26. The van der Waals surface area contributed by atoms with Crippen LogP contribution >= 0.6 is 24.0 Å². The highest BCUT2D eigenvalue weighted by Gasteiger charge is 2.32. The van der Waals surface area contributed by atoms with Crippen LogP contribution in [0.2, 0.25) is 0 Å². The van der Waals surface area contributed by atoms with Gasteiger partial charge in [0.15, 0.2) is 0 Å². The quantitative estimate of drug-likeness (QED) is 0.564. The molecule has 140 valence electrons. The molecule has 0 N–H and O–H groups in total. The molecule has 2 heterocycles. The van der Waals surface area contributed by atoms with Gasteiger partial charge >= 0.3 is 0 Å². The number of ether oxygens (including phenoxy) is 1. The normalized spacial score (nSPS) is 15.7. The summed E-state index contributed by atoms with van der Waals surface area (Å²) in [5.74, 6) is -0.980. The first-order valence-electron chi connectivity index (χ1n) is 8.10. The molecule has 1 fully saturated rings. The Hall–Kier alpha value is -2.58. The second kappa shape index (κ2) is 7.58. The first kappa shape index (κ1) is 19.2. The van der Waals surface area contributed by atoms with Crippen molar-refractivity contribution in [2.24, 2.45) is 0 Å². The smallest absolute Gasteiger partial charge is 0.266 e. The van der Waals surface area contributed by atoms with Crippen LogP contribution < -0.4 is 9.84 Å². The number of carbonyl (C=O) groups excluding carboxylic acids is 2. The molecule has 2 aromatic rings. The van der Waals surface area contributed by atoms with Crippen LogP contribution in [0, 0.1) is 13.8 Å². The average molecular weight is 401 g/mol. The van der Waals surface area contributed by atoms with Gasteiger partial charge in [0.05, 0.1) is 24.5 Å². The van der Waals surface area contributed by atoms with E-state index in [0.29, 0.717) is 4.91 Å². The van der Waals surface area contributed by atoms with E-state index in [1.54, 1.807) is 13.2 Å². The van der Waals surface area contributed by atoms with Crippen LogP contribution in [0.25, 0.3) is 11.8 Å². The minimum Gasteiger partial charge on any atom is -0.548 e. The van der Waals surface area contributed by atoms with E-state index < -0.39 is 18.4 Å².